The Morgan fingerprint density at radius 3 is 2.75 bits per heavy atom. The molecule has 1 saturated carbocycles. The number of methoxy groups -OCH3 is 1. The number of unbranched alkanes of at least 4 members (excludes halogenated alkanes) is 1. The van der Waals surface area contributed by atoms with Crippen molar-refractivity contribution in [2.75, 3.05) is 33.5 Å². The zero-order valence-corrected chi connectivity index (χ0v) is 12.7. The van der Waals surface area contributed by atoms with Crippen molar-refractivity contribution in [1.29, 1.82) is 0 Å². The van der Waals surface area contributed by atoms with Crippen LogP contribution in [0, 0.1) is 5.92 Å². The van der Waals surface area contributed by atoms with Gasteiger partial charge >= 0.3 is 0 Å². The third kappa shape index (κ3) is 7.22. The number of nitrogens with one attached hydrogen (secondary N) is 1. The van der Waals surface area contributed by atoms with Gasteiger partial charge in [0.1, 0.15) is 0 Å². The molecular formula is C15H30N2O3. The van der Waals surface area contributed by atoms with Gasteiger partial charge in [0.25, 0.3) is 0 Å². The lowest BCUT2D eigenvalue weighted by atomic mass is 9.94. The average Bonchev–Trinajstić information content (AvgIpc) is 2.66. The molecule has 0 heterocycles. The van der Waals surface area contributed by atoms with Crippen molar-refractivity contribution < 1.29 is 14.3 Å². The van der Waals surface area contributed by atoms with Crippen LogP contribution < -0.4 is 11.1 Å². The van der Waals surface area contributed by atoms with Crippen molar-refractivity contribution in [3.8, 4) is 0 Å². The van der Waals surface area contributed by atoms with Crippen LogP contribution in [0.15, 0.2) is 0 Å². The number of carbonyl (C=O) groups is 1. The largest absolute Gasteiger partial charge is 0.382 e. The Balaban J connectivity index is 2.04. The van der Waals surface area contributed by atoms with Gasteiger partial charge in [-0.25, -0.2) is 0 Å². The fraction of sp³-hybridized carbons (Fsp3) is 0.933. The summed E-state index contributed by atoms with van der Waals surface area (Å²) in [6.45, 7) is 2.72. The van der Waals surface area contributed by atoms with Crippen LogP contribution >= 0.6 is 0 Å². The lowest BCUT2D eigenvalue weighted by Crippen LogP contribution is -2.41. The second-order valence-electron chi connectivity index (χ2n) is 5.51. The molecule has 0 saturated heterocycles. The summed E-state index contributed by atoms with van der Waals surface area (Å²) < 4.78 is 10.3. The topological polar surface area (TPSA) is 73.6 Å². The SMILES string of the molecule is COCCOCCCCNC(=O)C1CCCCCC1N. The Hall–Kier alpha value is -0.650. The summed E-state index contributed by atoms with van der Waals surface area (Å²) >= 11 is 0. The molecule has 3 N–H and O–H groups in total. The van der Waals surface area contributed by atoms with Crippen LogP contribution in [0.1, 0.15) is 44.9 Å². The maximum Gasteiger partial charge on any atom is 0.224 e. The first-order valence-corrected chi connectivity index (χ1v) is 7.85. The van der Waals surface area contributed by atoms with Gasteiger partial charge in [0.2, 0.25) is 5.91 Å². The van der Waals surface area contributed by atoms with Crippen molar-refractivity contribution in [1.82, 2.24) is 5.32 Å². The zero-order chi connectivity index (χ0) is 14.6. The predicted molar refractivity (Wildman–Crippen MR) is 79.5 cm³/mol. The minimum Gasteiger partial charge on any atom is -0.382 e. The Morgan fingerprint density at radius 1 is 1.15 bits per heavy atom. The summed E-state index contributed by atoms with van der Waals surface area (Å²) in [6, 6.07) is 0.0369. The first-order chi connectivity index (χ1) is 9.75. The first kappa shape index (κ1) is 17.4. The summed E-state index contributed by atoms with van der Waals surface area (Å²) in [5, 5.41) is 3.01. The van der Waals surface area contributed by atoms with E-state index >= 15 is 0 Å². The normalized spacial score (nSPS) is 23.3. The summed E-state index contributed by atoms with van der Waals surface area (Å²) in [6.07, 6.45) is 7.30. The number of carbonyl (C=O) groups excluding carboxylic acids is 1. The lowest BCUT2D eigenvalue weighted by Gasteiger charge is -2.20. The van der Waals surface area contributed by atoms with Crippen molar-refractivity contribution in [3.05, 3.63) is 0 Å². The van der Waals surface area contributed by atoms with E-state index in [2.05, 4.69) is 5.32 Å². The molecule has 0 aliphatic heterocycles. The minimum absolute atomic E-state index is 0.00968. The standard InChI is InChI=1S/C15H30N2O3/c1-19-11-12-20-10-6-5-9-17-15(18)13-7-3-2-4-8-14(13)16/h13-14H,2-12,16H2,1H3,(H,17,18). The molecule has 0 bridgehead atoms. The van der Waals surface area contributed by atoms with Crippen molar-refractivity contribution in [3.63, 3.8) is 0 Å². The summed E-state index contributed by atoms with van der Waals surface area (Å²) in [5.74, 6) is 0.148. The Morgan fingerprint density at radius 2 is 1.95 bits per heavy atom. The smallest absolute Gasteiger partial charge is 0.224 e. The second-order valence-corrected chi connectivity index (χ2v) is 5.51. The summed E-state index contributed by atoms with van der Waals surface area (Å²) in [5.41, 5.74) is 6.09. The molecule has 1 aliphatic carbocycles. The number of ether oxygens (including phenoxy) is 2. The molecule has 0 aromatic heterocycles. The van der Waals surface area contributed by atoms with Gasteiger partial charge in [-0.05, 0) is 25.7 Å². The molecule has 2 atom stereocenters. The zero-order valence-electron chi connectivity index (χ0n) is 12.7. The maximum absolute atomic E-state index is 12.1. The van der Waals surface area contributed by atoms with Crippen molar-refractivity contribution in [2.45, 2.75) is 51.0 Å². The molecule has 118 valence electrons. The molecule has 0 aromatic rings. The van der Waals surface area contributed by atoms with E-state index < -0.39 is 0 Å². The van der Waals surface area contributed by atoms with E-state index in [1.165, 1.54) is 6.42 Å². The highest BCUT2D eigenvalue weighted by atomic mass is 16.5. The lowest BCUT2D eigenvalue weighted by molar-refractivity contribution is -0.125. The number of hydrogen-bond acceptors (Lipinski definition) is 4. The second kappa shape index (κ2) is 11.1. The first-order valence-electron chi connectivity index (χ1n) is 7.85. The number of amides is 1. The Labute approximate surface area is 122 Å². The van der Waals surface area contributed by atoms with Crippen LogP contribution in [0.5, 0.6) is 0 Å². The Kier molecular flexibility index (Phi) is 9.62. The van der Waals surface area contributed by atoms with Crippen molar-refractivity contribution in [2.24, 2.45) is 11.7 Å². The minimum atomic E-state index is 0.00968. The highest BCUT2D eigenvalue weighted by Crippen LogP contribution is 2.22. The molecule has 0 aromatic carbocycles. The van der Waals surface area contributed by atoms with Crippen LogP contribution in [0.4, 0.5) is 0 Å². The predicted octanol–water partition coefficient (Wildman–Crippen LogP) is 1.45. The van der Waals surface area contributed by atoms with Crippen LogP contribution in [0.2, 0.25) is 0 Å². The van der Waals surface area contributed by atoms with E-state index in [0.717, 1.165) is 51.7 Å². The Bertz CT molecular complexity index is 262. The van der Waals surface area contributed by atoms with Crippen LogP contribution in [-0.2, 0) is 14.3 Å². The fourth-order valence-electron chi connectivity index (χ4n) is 2.58. The molecule has 5 nitrogen and oxygen atoms in total. The molecule has 1 amide bonds. The molecular weight excluding hydrogens is 256 g/mol. The van der Waals surface area contributed by atoms with Crippen LogP contribution in [0.3, 0.4) is 0 Å². The maximum atomic E-state index is 12.1. The van der Waals surface area contributed by atoms with E-state index in [0.29, 0.717) is 13.2 Å². The van der Waals surface area contributed by atoms with E-state index in [4.69, 9.17) is 15.2 Å². The van der Waals surface area contributed by atoms with Gasteiger partial charge in [-0.3, -0.25) is 4.79 Å². The average molecular weight is 286 g/mol. The number of hydrogen-bond donors (Lipinski definition) is 2. The van der Waals surface area contributed by atoms with Gasteiger partial charge in [-0.1, -0.05) is 19.3 Å². The molecule has 0 spiro atoms. The van der Waals surface area contributed by atoms with Crippen LogP contribution in [-0.4, -0.2) is 45.4 Å². The summed E-state index contributed by atoms with van der Waals surface area (Å²) in [7, 11) is 1.66. The highest BCUT2D eigenvalue weighted by Gasteiger charge is 2.26. The van der Waals surface area contributed by atoms with E-state index in [1.807, 2.05) is 0 Å². The van der Waals surface area contributed by atoms with Gasteiger partial charge in [0.15, 0.2) is 0 Å². The highest BCUT2D eigenvalue weighted by molar-refractivity contribution is 5.79. The molecule has 1 rings (SSSR count). The van der Waals surface area contributed by atoms with Gasteiger partial charge in [-0.15, -0.1) is 0 Å². The molecule has 1 fully saturated rings. The monoisotopic (exact) mass is 286 g/mol. The van der Waals surface area contributed by atoms with Gasteiger partial charge in [0.05, 0.1) is 19.1 Å². The molecule has 2 unspecified atom stereocenters. The van der Waals surface area contributed by atoms with Gasteiger partial charge in [-0.2, -0.15) is 0 Å². The molecule has 1 aliphatic rings. The molecule has 0 radical (unpaired) electrons. The fourth-order valence-corrected chi connectivity index (χ4v) is 2.58. The van der Waals surface area contributed by atoms with E-state index in [9.17, 15) is 4.79 Å². The third-order valence-electron chi connectivity index (χ3n) is 3.85. The number of nitrogens with two attached hydrogens (primary N) is 1. The van der Waals surface area contributed by atoms with Gasteiger partial charge in [0, 0.05) is 26.3 Å². The number of rotatable bonds is 9. The molecule has 20 heavy (non-hydrogen) atoms. The van der Waals surface area contributed by atoms with E-state index in [-0.39, 0.29) is 17.9 Å². The van der Waals surface area contributed by atoms with E-state index in [1.54, 1.807) is 7.11 Å². The quantitative estimate of drug-likeness (QED) is 0.497. The molecule has 5 heteroatoms. The van der Waals surface area contributed by atoms with Gasteiger partial charge < -0.3 is 20.5 Å². The van der Waals surface area contributed by atoms with Crippen molar-refractivity contribution >= 4 is 5.91 Å². The summed E-state index contributed by atoms with van der Waals surface area (Å²) in [4.78, 5) is 12.1. The van der Waals surface area contributed by atoms with Crippen LogP contribution in [0.25, 0.3) is 0 Å². The third-order valence-corrected chi connectivity index (χ3v) is 3.85.